The molecule has 0 amide bonds. The molecule has 0 aliphatic carbocycles. The Bertz CT molecular complexity index is 741. The Kier molecular flexibility index (Phi) is 3.47. The third-order valence-electron chi connectivity index (χ3n) is 2.72. The fraction of sp³-hybridized carbons (Fsp3) is 0.0769. The third kappa shape index (κ3) is 2.41. The van der Waals surface area contributed by atoms with E-state index in [2.05, 4.69) is 9.97 Å². The second-order valence-corrected chi connectivity index (χ2v) is 3.91. The number of benzene rings is 1. The molecule has 1 radical (unpaired) electrons. The van der Waals surface area contributed by atoms with Gasteiger partial charge in [-0.1, -0.05) is 24.3 Å². The van der Waals surface area contributed by atoms with Crippen LogP contribution in [0.1, 0.15) is 5.69 Å². The Morgan fingerprint density at radius 3 is 2.16 bits per heavy atom. The van der Waals surface area contributed by atoms with Gasteiger partial charge in [-0.3, -0.25) is 4.98 Å². The van der Waals surface area contributed by atoms with Gasteiger partial charge in [0.25, 0.3) is 0 Å². The summed E-state index contributed by atoms with van der Waals surface area (Å²) in [5, 5.41) is 1.42. The van der Waals surface area contributed by atoms with E-state index in [1.165, 1.54) is 6.07 Å². The standard InChI is InChI=1S/C13H7F3N2.Cu/c14-13(15,16)10-6-5-9-4-3-8-2-1-7-17-11(8)12(9)18-10;/h1-7H;. The maximum absolute atomic E-state index is 12.6. The molecule has 2 nitrogen and oxygen atoms in total. The molecule has 3 rings (SSSR count). The second-order valence-electron chi connectivity index (χ2n) is 3.91. The SMILES string of the molecule is FC(F)(F)c1ccc2ccc3cccnc3c2n1.[Cu]. The molecule has 0 aliphatic rings. The quantitative estimate of drug-likeness (QED) is 0.466. The van der Waals surface area contributed by atoms with Crippen molar-refractivity contribution in [2.45, 2.75) is 6.18 Å². The fourth-order valence-electron chi connectivity index (χ4n) is 1.88. The molecule has 3 aromatic rings. The molecule has 0 unspecified atom stereocenters. The summed E-state index contributed by atoms with van der Waals surface area (Å²) in [6.07, 6.45) is -2.89. The van der Waals surface area contributed by atoms with Crippen LogP contribution < -0.4 is 0 Å². The summed E-state index contributed by atoms with van der Waals surface area (Å²) in [7, 11) is 0. The van der Waals surface area contributed by atoms with Gasteiger partial charge in [0.1, 0.15) is 5.69 Å². The van der Waals surface area contributed by atoms with Crippen molar-refractivity contribution in [3.05, 3.63) is 48.3 Å². The van der Waals surface area contributed by atoms with Crippen molar-refractivity contribution in [1.82, 2.24) is 9.97 Å². The van der Waals surface area contributed by atoms with Crippen LogP contribution in [-0.2, 0) is 23.2 Å². The normalized spacial score (nSPS) is 11.5. The van der Waals surface area contributed by atoms with Crippen LogP contribution in [0.4, 0.5) is 13.2 Å². The van der Waals surface area contributed by atoms with Crippen LogP contribution in [0.5, 0.6) is 0 Å². The Hall–Kier alpha value is -1.65. The van der Waals surface area contributed by atoms with Crippen LogP contribution in [0.15, 0.2) is 42.6 Å². The van der Waals surface area contributed by atoms with E-state index >= 15 is 0 Å². The van der Waals surface area contributed by atoms with Crippen molar-refractivity contribution in [2.24, 2.45) is 0 Å². The van der Waals surface area contributed by atoms with Gasteiger partial charge >= 0.3 is 6.18 Å². The van der Waals surface area contributed by atoms with E-state index < -0.39 is 11.9 Å². The van der Waals surface area contributed by atoms with Crippen molar-refractivity contribution in [3.8, 4) is 0 Å². The first-order valence-electron chi connectivity index (χ1n) is 5.27. The van der Waals surface area contributed by atoms with Crippen molar-refractivity contribution in [1.29, 1.82) is 0 Å². The first-order valence-corrected chi connectivity index (χ1v) is 5.27. The molecule has 0 fully saturated rings. The van der Waals surface area contributed by atoms with Gasteiger partial charge in [0.05, 0.1) is 11.0 Å². The number of alkyl halides is 3. The van der Waals surface area contributed by atoms with Gasteiger partial charge in [0.2, 0.25) is 0 Å². The van der Waals surface area contributed by atoms with Crippen LogP contribution in [-0.4, -0.2) is 9.97 Å². The van der Waals surface area contributed by atoms with Gasteiger partial charge in [-0.05, 0) is 12.1 Å². The predicted molar refractivity (Wildman–Crippen MR) is 62.0 cm³/mol. The van der Waals surface area contributed by atoms with E-state index in [0.29, 0.717) is 10.9 Å². The zero-order valence-electron chi connectivity index (χ0n) is 9.37. The van der Waals surface area contributed by atoms with Crippen molar-refractivity contribution >= 4 is 21.8 Å². The van der Waals surface area contributed by atoms with E-state index in [1.807, 2.05) is 6.07 Å². The molecular formula is C13H7CuF3N2. The van der Waals surface area contributed by atoms with Crippen LogP contribution in [0.2, 0.25) is 0 Å². The number of fused-ring (bicyclic) bond motifs is 3. The largest absolute Gasteiger partial charge is 0.433 e. The van der Waals surface area contributed by atoms with Gasteiger partial charge in [0.15, 0.2) is 0 Å². The summed E-state index contributed by atoms with van der Waals surface area (Å²) in [5.74, 6) is 0. The Labute approximate surface area is 117 Å². The van der Waals surface area contributed by atoms with Gasteiger partial charge < -0.3 is 0 Å². The second kappa shape index (κ2) is 4.79. The number of hydrogen-bond acceptors (Lipinski definition) is 2. The topological polar surface area (TPSA) is 25.8 Å². The molecule has 6 heteroatoms. The number of halogens is 3. The van der Waals surface area contributed by atoms with E-state index in [4.69, 9.17) is 0 Å². The molecule has 2 heterocycles. The zero-order valence-corrected chi connectivity index (χ0v) is 10.3. The Morgan fingerprint density at radius 2 is 1.47 bits per heavy atom. The minimum Gasteiger partial charge on any atom is -0.254 e. The van der Waals surface area contributed by atoms with E-state index in [-0.39, 0.29) is 22.6 Å². The minimum atomic E-state index is -4.44. The molecule has 1 aromatic carbocycles. The summed E-state index contributed by atoms with van der Waals surface area (Å²) < 4.78 is 37.9. The molecular weight excluding hydrogens is 305 g/mol. The first kappa shape index (κ1) is 13.8. The van der Waals surface area contributed by atoms with Gasteiger partial charge in [-0.15, -0.1) is 0 Å². The smallest absolute Gasteiger partial charge is 0.254 e. The molecule has 0 N–H and O–H groups in total. The molecule has 0 saturated heterocycles. The van der Waals surface area contributed by atoms with Crippen LogP contribution >= 0.6 is 0 Å². The summed E-state index contributed by atoms with van der Waals surface area (Å²) in [4.78, 5) is 7.79. The molecule has 2 aromatic heterocycles. The average molecular weight is 312 g/mol. The van der Waals surface area contributed by atoms with E-state index in [1.54, 1.807) is 24.4 Å². The number of nitrogens with zero attached hydrogens (tertiary/aromatic N) is 2. The maximum Gasteiger partial charge on any atom is 0.433 e. The number of hydrogen-bond donors (Lipinski definition) is 0. The fourth-order valence-corrected chi connectivity index (χ4v) is 1.88. The molecule has 0 saturated carbocycles. The van der Waals surface area contributed by atoms with Crippen LogP contribution in [0.25, 0.3) is 21.8 Å². The van der Waals surface area contributed by atoms with E-state index in [0.717, 1.165) is 11.5 Å². The van der Waals surface area contributed by atoms with Gasteiger partial charge in [0, 0.05) is 34.0 Å². The first-order chi connectivity index (χ1) is 8.55. The van der Waals surface area contributed by atoms with Gasteiger partial charge in [-0.25, -0.2) is 4.98 Å². The molecule has 19 heavy (non-hydrogen) atoms. The molecule has 101 valence electrons. The monoisotopic (exact) mass is 311 g/mol. The van der Waals surface area contributed by atoms with Crippen molar-refractivity contribution in [2.75, 3.05) is 0 Å². The maximum atomic E-state index is 12.6. The molecule has 0 aliphatic heterocycles. The molecule has 0 bridgehead atoms. The molecule has 0 atom stereocenters. The van der Waals surface area contributed by atoms with Crippen LogP contribution in [0.3, 0.4) is 0 Å². The summed E-state index contributed by atoms with van der Waals surface area (Å²) in [6.45, 7) is 0. The van der Waals surface area contributed by atoms with Crippen LogP contribution in [0, 0.1) is 0 Å². The minimum absolute atomic E-state index is 0. The Morgan fingerprint density at radius 1 is 0.842 bits per heavy atom. The number of aromatic nitrogens is 2. The predicted octanol–water partition coefficient (Wildman–Crippen LogP) is 3.80. The number of pyridine rings is 2. The summed E-state index contributed by atoms with van der Waals surface area (Å²) >= 11 is 0. The van der Waals surface area contributed by atoms with Crippen molar-refractivity contribution in [3.63, 3.8) is 0 Å². The average Bonchev–Trinajstić information content (AvgIpc) is 2.37. The Balaban J connectivity index is 0.00000133. The van der Waals surface area contributed by atoms with E-state index in [9.17, 15) is 13.2 Å². The summed E-state index contributed by atoms with van der Waals surface area (Å²) in [6, 6.07) is 9.49. The third-order valence-corrected chi connectivity index (χ3v) is 2.72. The van der Waals surface area contributed by atoms with Crippen molar-refractivity contribution < 1.29 is 30.2 Å². The number of rotatable bonds is 0. The van der Waals surface area contributed by atoms with Gasteiger partial charge in [-0.2, -0.15) is 13.2 Å². The summed E-state index contributed by atoms with van der Waals surface area (Å²) in [5.41, 5.74) is -0.128. The molecule has 0 spiro atoms. The zero-order chi connectivity index (χ0) is 12.8.